The van der Waals surface area contributed by atoms with Gasteiger partial charge in [0.15, 0.2) is 0 Å². The molecule has 2 aromatic carbocycles. The summed E-state index contributed by atoms with van der Waals surface area (Å²) in [5.74, 6) is -1.49. The van der Waals surface area contributed by atoms with Crippen molar-refractivity contribution in [3.63, 3.8) is 0 Å². The molecule has 0 aliphatic carbocycles. The van der Waals surface area contributed by atoms with Gasteiger partial charge in [-0.15, -0.1) is 0 Å². The molecule has 0 aliphatic heterocycles. The molecule has 2 rings (SSSR count). The lowest BCUT2D eigenvalue weighted by Gasteiger charge is -2.10. The molecule has 0 bridgehead atoms. The van der Waals surface area contributed by atoms with Crippen molar-refractivity contribution in [1.29, 1.82) is 0 Å². The Kier molecular flexibility index (Phi) is 4.15. The first-order chi connectivity index (χ1) is 9.63. The molecule has 0 aromatic heterocycles. The van der Waals surface area contributed by atoms with E-state index in [9.17, 15) is 10.0 Å². The lowest BCUT2D eigenvalue weighted by atomic mass is 9.95. The molecule has 4 heteroatoms. The van der Waals surface area contributed by atoms with Gasteiger partial charge in [0.25, 0.3) is 0 Å². The molecule has 0 aliphatic rings. The Morgan fingerprint density at radius 2 is 1.70 bits per heavy atom. The highest BCUT2D eigenvalue weighted by Crippen LogP contribution is 2.19. The molecule has 2 aromatic rings. The van der Waals surface area contributed by atoms with Crippen molar-refractivity contribution in [1.82, 2.24) is 0 Å². The SMILES string of the molecule is C[C@@H](C(=O)O)c1cccc(/C(=N/O)c2ccccc2)c1. The molecular weight excluding hydrogens is 254 g/mol. The van der Waals surface area contributed by atoms with Crippen LogP contribution >= 0.6 is 0 Å². The Balaban J connectivity index is 2.42. The number of hydrogen-bond donors (Lipinski definition) is 2. The number of carbonyl (C=O) groups is 1. The minimum absolute atomic E-state index is 0.421. The molecular formula is C16H15NO3. The summed E-state index contributed by atoms with van der Waals surface area (Å²) >= 11 is 0. The Labute approximate surface area is 117 Å². The van der Waals surface area contributed by atoms with Gasteiger partial charge in [0.05, 0.1) is 5.92 Å². The summed E-state index contributed by atoms with van der Waals surface area (Å²) in [6.07, 6.45) is 0. The van der Waals surface area contributed by atoms with Crippen LogP contribution in [0.3, 0.4) is 0 Å². The molecule has 0 unspecified atom stereocenters. The number of hydrogen-bond acceptors (Lipinski definition) is 3. The highest BCUT2D eigenvalue weighted by atomic mass is 16.4. The Morgan fingerprint density at radius 1 is 1.05 bits per heavy atom. The molecule has 0 fully saturated rings. The van der Waals surface area contributed by atoms with E-state index >= 15 is 0 Å². The topological polar surface area (TPSA) is 69.9 Å². The third kappa shape index (κ3) is 2.85. The number of benzene rings is 2. The van der Waals surface area contributed by atoms with Gasteiger partial charge in [-0.1, -0.05) is 53.7 Å². The second-order valence-electron chi connectivity index (χ2n) is 4.50. The zero-order chi connectivity index (χ0) is 14.5. The monoisotopic (exact) mass is 269 g/mol. The quantitative estimate of drug-likeness (QED) is 0.509. The second kappa shape index (κ2) is 6.02. The Morgan fingerprint density at radius 3 is 2.30 bits per heavy atom. The fourth-order valence-corrected chi connectivity index (χ4v) is 1.98. The molecule has 0 radical (unpaired) electrons. The Bertz CT molecular complexity index is 635. The summed E-state index contributed by atoms with van der Waals surface area (Å²) in [7, 11) is 0. The molecule has 20 heavy (non-hydrogen) atoms. The van der Waals surface area contributed by atoms with Crippen LogP contribution in [0.5, 0.6) is 0 Å². The normalized spacial score (nSPS) is 12.9. The average Bonchev–Trinajstić information content (AvgIpc) is 2.48. The smallest absolute Gasteiger partial charge is 0.310 e. The number of rotatable bonds is 4. The first-order valence-electron chi connectivity index (χ1n) is 6.24. The fourth-order valence-electron chi connectivity index (χ4n) is 1.98. The van der Waals surface area contributed by atoms with Gasteiger partial charge < -0.3 is 10.3 Å². The fraction of sp³-hybridized carbons (Fsp3) is 0.125. The van der Waals surface area contributed by atoms with Gasteiger partial charge >= 0.3 is 5.97 Å². The van der Waals surface area contributed by atoms with Gasteiger partial charge in [-0.3, -0.25) is 4.79 Å². The molecule has 0 amide bonds. The summed E-state index contributed by atoms with van der Waals surface area (Å²) in [5, 5.41) is 21.6. The molecule has 0 saturated heterocycles. The van der Waals surface area contributed by atoms with Gasteiger partial charge in [0.2, 0.25) is 0 Å². The number of nitrogens with zero attached hydrogens (tertiary/aromatic N) is 1. The number of carboxylic acids is 1. The van der Waals surface area contributed by atoms with E-state index in [1.54, 1.807) is 31.2 Å². The molecule has 1 atom stereocenters. The lowest BCUT2D eigenvalue weighted by molar-refractivity contribution is -0.138. The van der Waals surface area contributed by atoms with Gasteiger partial charge in [-0.2, -0.15) is 0 Å². The van der Waals surface area contributed by atoms with Crippen LogP contribution in [0, 0.1) is 0 Å². The van der Waals surface area contributed by atoms with Gasteiger partial charge in [-0.25, -0.2) is 0 Å². The van der Waals surface area contributed by atoms with Gasteiger partial charge in [0, 0.05) is 11.1 Å². The van der Waals surface area contributed by atoms with E-state index in [0.717, 1.165) is 5.56 Å². The molecule has 102 valence electrons. The van der Waals surface area contributed by atoms with Crippen molar-refractivity contribution in [2.24, 2.45) is 5.16 Å². The molecule has 0 heterocycles. The first kappa shape index (κ1) is 13.8. The van der Waals surface area contributed by atoms with E-state index in [1.165, 1.54) is 0 Å². The number of oxime groups is 1. The van der Waals surface area contributed by atoms with Crippen LogP contribution in [-0.2, 0) is 4.79 Å². The second-order valence-corrected chi connectivity index (χ2v) is 4.50. The summed E-state index contributed by atoms with van der Waals surface area (Å²) in [6, 6.07) is 16.3. The van der Waals surface area contributed by atoms with Crippen LogP contribution in [0.4, 0.5) is 0 Å². The average molecular weight is 269 g/mol. The highest BCUT2D eigenvalue weighted by molar-refractivity contribution is 6.12. The van der Waals surface area contributed by atoms with Crippen molar-refractivity contribution in [3.8, 4) is 0 Å². The van der Waals surface area contributed by atoms with E-state index in [1.807, 2.05) is 30.3 Å². The zero-order valence-corrected chi connectivity index (χ0v) is 11.0. The molecule has 0 spiro atoms. The van der Waals surface area contributed by atoms with Crippen molar-refractivity contribution in [2.75, 3.05) is 0 Å². The predicted molar refractivity (Wildman–Crippen MR) is 76.4 cm³/mol. The summed E-state index contributed by atoms with van der Waals surface area (Å²) < 4.78 is 0. The molecule has 0 saturated carbocycles. The van der Waals surface area contributed by atoms with E-state index in [2.05, 4.69) is 5.16 Å². The highest BCUT2D eigenvalue weighted by Gasteiger charge is 2.15. The van der Waals surface area contributed by atoms with Gasteiger partial charge in [-0.05, 0) is 18.6 Å². The Hall–Kier alpha value is -2.62. The first-order valence-corrected chi connectivity index (χ1v) is 6.24. The number of carboxylic acid groups (broad SMARTS) is 1. The maximum atomic E-state index is 11.0. The third-order valence-corrected chi connectivity index (χ3v) is 3.18. The summed E-state index contributed by atoms with van der Waals surface area (Å²) in [4.78, 5) is 11.0. The molecule has 2 N–H and O–H groups in total. The van der Waals surface area contributed by atoms with Crippen molar-refractivity contribution >= 4 is 11.7 Å². The standard InChI is InChI=1S/C16H15NO3/c1-11(16(18)19)13-8-5-9-14(10-13)15(17-20)12-6-3-2-4-7-12/h2-11,20H,1H3,(H,18,19)/b17-15+/t11-/m1/s1. The summed E-state index contributed by atoms with van der Waals surface area (Å²) in [5.41, 5.74) is 2.55. The van der Waals surface area contributed by atoms with Crippen molar-refractivity contribution < 1.29 is 15.1 Å². The molecule has 4 nitrogen and oxygen atoms in total. The van der Waals surface area contributed by atoms with E-state index in [-0.39, 0.29) is 0 Å². The van der Waals surface area contributed by atoms with E-state index < -0.39 is 11.9 Å². The van der Waals surface area contributed by atoms with Crippen molar-refractivity contribution in [2.45, 2.75) is 12.8 Å². The minimum atomic E-state index is -0.885. The van der Waals surface area contributed by atoms with Crippen LogP contribution in [0.1, 0.15) is 29.5 Å². The van der Waals surface area contributed by atoms with Crippen LogP contribution in [0.15, 0.2) is 59.8 Å². The van der Waals surface area contributed by atoms with Crippen LogP contribution in [0.2, 0.25) is 0 Å². The predicted octanol–water partition coefficient (Wildman–Crippen LogP) is 3.10. The van der Waals surface area contributed by atoms with E-state index in [4.69, 9.17) is 5.11 Å². The lowest BCUT2D eigenvalue weighted by Crippen LogP contribution is -2.09. The number of aliphatic carboxylic acids is 1. The van der Waals surface area contributed by atoms with Crippen LogP contribution in [-0.4, -0.2) is 22.0 Å². The van der Waals surface area contributed by atoms with Gasteiger partial charge in [0.1, 0.15) is 5.71 Å². The van der Waals surface area contributed by atoms with Crippen molar-refractivity contribution in [3.05, 3.63) is 71.3 Å². The largest absolute Gasteiger partial charge is 0.481 e. The summed E-state index contributed by atoms with van der Waals surface area (Å²) in [6.45, 7) is 1.62. The van der Waals surface area contributed by atoms with E-state index in [0.29, 0.717) is 16.8 Å². The minimum Gasteiger partial charge on any atom is -0.481 e. The zero-order valence-electron chi connectivity index (χ0n) is 11.0. The van der Waals surface area contributed by atoms with Crippen LogP contribution < -0.4 is 0 Å². The van der Waals surface area contributed by atoms with Crippen LogP contribution in [0.25, 0.3) is 0 Å². The third-order valence-electron chi connectivity index (χ3n) is 3.18. The maximum absolute atomic E-state index is 11.0. The maximum Gasteiger partial charge on any atom is 0.310 e.